The molecule has 2 aromatic rings. The summed E-state index contributed by atoms with van der Waals surface area (Å²) in [5, 5.41) is 0. The molecule has 0 saturated heterocycles. The Morgan fingerprint density at radius 1 is 0.905 bits per heavy atom. The Morgan fingerprint density at radius 2 is 1.52 bits per heavy atom. The van der Waals surface area contributed by atoms with E-state index in [9.17, 15) is 8.42 Å². The highest BCUT2D eigenvalue weighted by Gasteiger charge is 2.01. The molecule has 2 rings (SSSR count). The van der Waals surface area contributed by atoms with Crippen molar-refractivity contribution in [1.29, 1.82) is 0 Å². The first-order valence-electron chi connectivity index (χ1n) is 6.08. The van der Waals surface area contributed by atoms with E-state index >= 15 is 0 Å². The fourth-order valence-corrected chi connectivity index (χ4v) is 1.42. The van der Waals surface area contributed by atoms with Crippen LogP contribution in [0.1, 0.15) is 11.3 Å². The van der Waals surface area contributed by atoms with Crippen LogP contribution < -0.4 is 0 Å². The van der Waals surface area contributed by atoms with Crippen molar-refractivity contribution >= 4 is 22.6 Å². The molecule has 0 fully saturated rings. The predicted octanol–water partition coefficient (Wildman–Crippen LogP) is 2.78. The lowest BCUT2D eigenvalue weighted by Crippen LogP contribution is -2.02. The molecule has 0 atom stereocenters. The van der Waals surface area contributed by atoms with Gasteiger partial charge in [0, 0.05) is 6.20 Å². The number of aromatic nitrogens is 1. The van der Waals surface area contributed by atoms with Gasteiger partial charge in [0.15, 0.2) is 0 Å². The first-order valence-corrected chi connectivity index (χ1v) is 7.41. The first-order chi connectivity index (χ1) is 10.1. The largest absolute Gasteiger partial charge is 0.399 e. The van der Waals surface area contributed by atoms with Gasteiger partial charge < -0.3 is 0 Å². The van der Waals surface area contributed by atoms with Crippen molar-refractivity contribution < 1.29 is 16.8 Å². The molecule has 0 aliphatic heterocycles. The predicted molar refractivity (Wildman–Crippen MR) is 82.5 cm³/mol. The summed E-state index contributed by atoms with van der Waals surface area (Å²) in [5.41, 5.74) is 2.18. The molecule has 0 N–H and O–H groups in total. The van der Waals surface area contributed by atoms with E-state index in [0.29, 0.717) is 0 Å². The van der Waals surface area contributed by atoms with Crippen molar-refractivity contribution in [3.63, 3.8) is 0 Å². The molecule has 1 heterocycles. The number of benzene rings is 1. The Bertz CT molecular complexity index is 588. The highest BCUT2D eigenvalue weighted by atomic mass is 32.3. The summed E-state index contributed by atoms with van der Waals surface area (Å²) in [5.74, 6) is 0. The van der Waals surface area contributed by atoms with E-state index in [2.05, 4.69) is 31.6 Å². The zero-order valence-corrected chi connectivity index (χ0v) is 12.7. The van der Waals surface area contributed by atoms with E-state index in [1.165, 1.54) is 5.56 Å². The van der Waals surface area contributed by atoms with Gasteiger partial charge in [-0.25, -0.2) is 0 Å². The van der Waals surface area contributed by atoms with Crippen LogP contribution in [-0.4, -0.2) is 27.6 Å². The van der Waals surface area contributed by atoms with Crippen LogP contribution in [-0.2, 0) is 18.8 Å². The van der Waals surface area contributed by atoms with Crippen LogP contribution in [0.5, 0.6) is 0 Å². The van der Waals surface area contributed by atoms with E-state index in [1.807, 2.05) is 42.5 Å². The third-order valence-electron chi connectivity index (χ3n) is 2.34. The second-order valence-electron chi connectivity index (χ2n) is 3.74. The van der Waals surface area contributed by atoms with Crippen molar-refractivity contribution in [2.75, 3.05) is 14.2 Å². The highest BCUT2D eigenvalue weighted by molar-refractivity contribution is 7.81. The summed E-state index contributed by atoms with van der Waals surface area (Å²) >= 11 is 0. The van der Waals surface area contributed by atoms with E-state index in [4.69, 9.17) is 0 Å². The lowest BCUT2D eigenvalue weighted by molar-refractivity contribution is 0.286. The SMILES string of the molecule is C(=Cc1ccccn1)c1ccccc1.COS(=O)(=O)OC. The molecule has 0 unspecified atom stereocenters. The lowest BCUT2D eigenvalue weighted by atomic mass is 10.2. The Labute approximate surface area is 125 Å². The topological polar surface area (TPSA) is 65.5 Å². The van der Waals surface area contributed by atoms with Gasteiger partial charge in [-0.2, -0.15) is 8.42 Å². The minimum Gasteiger partial charge on any atom is -0.257 e. The molecule has 0 saturated carbocycles. The zero-order chi connectivity index (χ0) is 15.6. The number of nitrogens with zero attached hydrogens (tertiary/aromatic N) is 1. The van der Waals surface area contributed by atoms with E-state index in [0.717, 1.165) is 19.9 Å². The molecule has 1 aromatic carbocycles. The molecular formula is C15H17NO4S. The summed E-state index contributed by atoms with van der Waals surface area (Å²) in [7, 11) is -1.60. The van der Waals surface area contributed by atoms with Gasteiger partial charge in [-0.3, -0.25) is 13.4 Å². The standard InChI is InChI=1S/C13H11N.C2H6O4S/c1-2-6-12(7-3-1)9-10-13-8-4-5-11-14-13;1-5-7(3,4)6-2/h1-11H;1-2H3. The van der Waals surface area contributed by atoms with Gasteiger partial charge in [0.2, 0.25) is 0 Å². The van der Waals surface area contributed by atoms with Gasteiger partial charge in [-0.15, -0.1) is 0 Å². The third kappa shape index (κ3) is 7.36. The third-order valence-corrected chi connectivity index (χ3v) is 3.16. The number of rotatable bonds is 4. The van der Waals surface area contributed by atoms with Crippen LogP contribution >= 0.6 is 0 Å². The fourth-order valence-electron chi connectivity index (χ4n) is 1.29. The van der Waals surface area contributed by atoms with Crippen molar-refractivity contribution in [3.05, 3.63) is 66.0 Å². The van der Waals surface area contributed by atoms with Crippen molar-refractivity contribution in [2.45, 2.75) is 0 Å². The number of pyridine rings is 1. The molecule has 1 aromatic heterocycles. The fraction of sp³-hybridized carbons (Fsp3) is 0.133. The van der Waals surface area contributed by atoms with E-state index in [1.54, 1.807) is 6.20 Å². The summed E-state index contributed by atoms with van der Waals surface area (Å²) in [6, 6.07) is 16.1. The molecule has 0 bridgehead atoms. The highest BCUT2D eigenvalue weighted by Crippen LogP contribution is 2.04. The van der Waals surface area contributed by atoms with Gasteiger partial charge >= 0.3 is 10.4 Å². The van der Waals surface area contributed by atoms with Crippen molar-refractivity contribution in [1.82, 2.24) is 4.98 Å². The minimum absolute atomic E-state index is 0.983. The maximum absolute atomic E-state index is 9.92. The van der Waals surface area contributed by atoms with Gasteiger partial charge in [0.1, 0.15) is 0 Å². The average molecular weight is 307 g/mol. The lowest BCUT2D eigenvalue weighted by Gasteiger charge is -1.92. The molecule has 6 heteroatoms. The van der Waals surface area contributed by atoms with Crippen LogP contribution in [0, 0.1) is 0 Å². The van der Waals surface area contributed by atoms with Crippen LogP contribution in [0.2, 0.25) is 0 Å². The second kappa shape index (κ2) is 9.02. The zero-order valence-electron chi connectivity index (χ0n) is 11.8. The van der Waals surface area contributed by atoms with Crippen LogP contribution in [0.25, 0.3) is 12.2 Å². The monoisotopic (exact) mass is 307 g/mol. The maximum Gasteiger partial charge on any atom is 0.399 e. The molecule has 0 aliphatic rings. The number of hydrogen-bond donors (Lipinski definition) is 0. The summed E-state index contributed by atoms with van der Waals surface area (Å²) in [4.78, 5) is 4.21. The normalized spacial score (nSPS) is 11.0. The van der Waals surface area contributed by atoms with Crippen molar-refractivity contribution in [2.24, 2.45) is 0 Å². The molecule has 0 amide bonds. The Kier molecular flexibility index (Phi) is 7.31. The van der Waals surface area contributed by atoms with E-state index in [-0.39, 0.29) is 0 Å². The van der Waals surface area contributed by atoms with Crippen LogP contribution in [0.4, 0.5) is 0 Å². The molecule has 0 spiro atoms. The minimum atomic E-state index is -3.66. The molecule has 5 nitrogen and oxygen atoms in total. The Balaban J connectivity index is 0.000000270. The summed E-state index contributed by atoms with van der Waals surface area (Å²) in [6.45, 7) is 0. The van der Waals surface area contributed by atoms with Crippen molar-refractivity contribution in [3.8, 4) is 0 Å². The summed E-state index contributed by atoms with van der Waals surface area (Å²) in [6.07, 6.45) is 5.86. The average Bonchev–Trinajstić information content (AvgIpc) is 2.55. The second-order valence-corrected chi connectivity index (χ2v) is 5.22. The molecule has 0 aliphatic carbocycles. The quantitative estimate of drug-likeness (QED) is 0.869. The smallest absolute Gasteiger partial charge is 0.257 e. The van der Waals surface area contributed by atoms with Gasteiger partial charge in [0.05, 0.1) is 19.9 Å². The van der Waals surface area contributed by atoms with Crippen LogP contribution in [0.15, 0.2) is 54.7 Å². The molecule has 0 radical (unpaired) electrons. The molecule has 21 heavy (non-hydrogen) atoms. The Hall–Kier alpha value is -2.02. The van der Waals surface area contributed by atoms with Crippen LogP contribution in [0.3, 0.4) is 0 Å². The molecular weight excluding hydrogens is 290 g/mol. The van der Waals surface area contributed by atoms with E-state index < -0.39 is 10.4 Å². The van der Waals surface area contributed by atoms with Gasteiger partial charge in [0.25, 0.3) is 0 Å². The maximum atomic E-state index is 9.92. The molecule has 112 valence electrons. The number of hydrogen-bond acceptors (Lipinski definition) is 5. The van der Waals surface area contributed by atoms with Gasteiger partial charge in [-0.1, -0.05) is 42.5 Å². The first kappa shape index (κ1) is 17.0. The van der Waals surface area contributed by atoms with Gasteiger partial charge in [-0.05, 0) is 23.8 Å². The summed E-state index contributed by atoms with van der Waals surface area (Å²) < 4.78 is 27.5. The Morgan fingerprint density at radius 3 is 2.00 bits per heavy atom.